The van der Waals surface area contributed by atoms with Gasteiger partial charge in [0.1, 0.15) is 0 Å². The molecular weight excluding hydrogens is 232 g/mol. The largest absolute Gasteiger partial charge is 0.490 e. The van der Waals surface area contributed by atoms with Gasteiger partial charge >= 0.3 is 5.97 Å². The van der Waals surface area contributed by atoms with Gasteiger partial charge in [0, 0.05) is 0 Å². The van der Waals surface area contributed by atoms with Crippen LogP contribution in [0.25, 0.3) is 0 Å². The Kier molecular flexibility index (Phi) is 3.75. The van der Waals surface area contributed by atoms with E-state index < -0.39 is 11.4 Å². The quantitative estimate of drug-likeness (QED) is 0.808. The fourth-order valence-electron chi connectivity index (χ4n) is 1.92. The first-order valence-corrected chi connectivity index (χ1v) is 6.26. The summed E-state index contributed by atoms with van der Waals surface area (Å²) in [4.78, 5) is 11.0. The van der Waals surface area contributed by atoms with Crippen molar-refractivity contribution in [2.24, 2.45) is 5.41 Å². The number of rotatable bonds is 7. The van der Waals surface area contributed by atoms with Crippen LogP contribution in [0.5, 0.6) is 11.5 Å². The number of hydrogen-bond donors (Lipinski definition) is 1. The molecule has 4 nitrogen and oxygen atoms in total. The molecule has 0 radical (unpaired) electrons. The Hall–Kier alpha value is -1.71. The first-order valence-electron chi connectivity index (χ1n) is 6.26. The summed E-state index contributed by atoms with van der Waals surface area (Å²) in [5.74, 6) is 0.685. The van der Waals surface area contributed by atoms with E-state index in [0.29, 0.717) is 31.1 Å². The predicted molar refractivity (Wildman–Crippen MR) is 67.0 cm³/mol. The van der Waals surface area contributed by atoms with Crippen LogP contribution in [0.3, 0.4) is 0 Å². The normalized spacial score (nSPS) is 16.1. The molecule has 0 saturated heterocycles. The van der Waals surface area contributed by atoms with Gasteiger partial charge in [0.05, 0.1) is 18.6 Å². The summed E-state index contributed by atoms with van der Waals surface area (Å²) in [6.45, 7) is 2.91. The second kappa shape index (κ2) is 5.29. The minimum absolute atomic E-state index is 0.413. The van der Waals surface area contributed by atoms with Gasteiger partial charge < -0.3 is 14.6 Å². The summed E-state index contributed by atoms with van der Waals surface area (Å²) in [6.07, 6.45) is 2.08. The molecule has 0 unspecified atom stereocenters. The van der Waals surface area contributed by atoms with Gasteiger partial charge in [-0.25, -0.2) is 0 Å². The molecule has 18 heavy (non-hydrogen) atoms. The number of hydrogen-bond acceptors (Lipinski definition) is 3. The molecule has 1 aromatic rings. The molecule has 1 saturated carbocycles. The molecule has 1 aromatic carbocycles. The van der Waals surface area contributed by atoms with E-state index in [0.717, 1.165) is 12.8 Å². The minimum atomic E-state index is -0.704. The molecule has 0 aromatic heterocycles. The van der Waals surface area contributed by atoms with Crippen LogP contribution in [0.2, 0.25) is 0 Å². The molecule has 1 aliphatic rings. The van der Waals surface area contributed by atoms with E-state index >= 15 is 0 Å². The van der Waals surface area contributed by atoms with E-state index in [1.807, 2.05) is 31.2 Å². The predicted octanol–water partition coefficient (Wildman–Crippen LogP) is 2.72. The van der Waals surface area contributed by atoms with E-state index in [-0.39, 0.29) is 0 Å². The van der Waals surface area contributed by atoms with Gasteiger partial charge in [0.15, 0.2) is 11.5 Å². The zero-order valence-electron chi connectivity index (χ0n) is 10.5. The number of ether oxygens (including phenoxy) is 2. The van der Waals surface area contributed by atoms with Crippen LogP contribution in [-0.4, -0.2) is 24.3 Å². The van der Waals surface area contributed by atoms with E-state index in [4.69, 9.17) is 14.6 Å². The van der Waals surface area contributed by atoms with Crippen LogP contribution >= 0.6 is 0 Å². The molecular formula is C14H18O4. The lowest BCUT2D eigenvalue weighted by Crippen LogP contribution is -2.18. The molecule has 0 aliphatic heterocycles. The molecule has 1 aliphatic carbocycles. The number of aliphatic carboxylic acids is 1. The van der Waals surface area contributed by atoms with Crippen molar-refractivity contribution in [3.8, 4) is 11.5 Å². The maximum atomic E-state index is 11.0. The molecule has 0 heterocycles. The van der Waals surface area contributed by atoms with Crippen molar-refractivity contribution in [2.75, 3.05) is 13.2 Å². The van der Waals surface area contributed by atoms with E-state index in [1.54, 1.807) is 0 Å². The molecule has 0 spiro atoms. The molecule has 1 fully saturated rings. The second-order valence-corrected chi connectivity index (χ2v) is 4.56. The van der Waals surface area contributed by atoms with E-state index in [9.17, 15) is 4.79 Å². The van der Waals surface area contributed by atoms with Crippen molar-refractivity contribution >= 4 is 5.97 Å². The fourth-order valence-corrected chi connectivity index (χ4v) is 1.92. The molecule has 1 N–H and O–H groups in total. The average molecular weight is 250 g/mol. The first kappa shape index (κ1) is 12.7. The highest BCUT2D eigenvalue weighted by Crippen LogP contribution is 2.49. The highest BCUT2D eigenvalue weighted by atomic mass is 16.5. The number of carboxylic acids is 1. The van der Waals surface area contributed by atoms with Crippen LogP contribution < -0.4 is 9.47 Å². The Morgan fingerprint density at radius 2 is 1.89 bits per heavy atom. The maximum absolute atomic E-state index is 11.0. The van der Waals surface area contributed by atoms with Crippen molar-refractivity contribution in [1.29, 1.82) is 0 Å². The third-order valence-corrected chi connectivity index (χ3v) is 3.29. The van der Waals surface area contributed by atoms with Gasteiger partial charge in [0.25, 0.3) is 0 Å². The van der Waals surface area contributed by atoms with Crippen molar-refractivity contribution < 1.29 is 19.4 Å². The third-order valence-electron chi connectivity index (χ3n) is 3.29. The standard InChI is InChI=1S/C14H18O4/c1-2-17-11-5-3-4-6-12(11)18-10-9-14(7-8-14)13(15)16/h3-6H,2,7-10H2,1H3,(H,15,16). The van der Waals surface area contributed by atoms with Crippen molar-refractivity contribution in [3.05, 3.63) is 24.3 Å². The van der Waals surface area contributed by atoms with Crippen molar-refractivity contribution in [1.82, 2.24) is 0 Å². The molecule has 98 valence electrons. The zero-order chi connectivity index (χ0) is 13.0. The van der Waals surface area contributed by atoms with Gasteiger partial charge in [-0.15, -0.1) is 0 Å². The lowest BCUT2D eigenvalue weighted by molar-refractivity contribution is -0.143. The molecule has 0 atom stereocenters. The highest BCUT2D eigenvalue weighted by Gasteiger charge is 2.49. The molecule has 2 rings (SSSR count). The Morgan fingerprint density at radius 3 is 2.39 bits per heavy atom. The molecule has 0 bridgehead atoms. The smallest absolute Gasteiger partial charge is 0.309 e. The number of benzene rings is 1. The van der Waals surface area contributed by atoms with Crippen LogP contribution in [0, 0.1) is 5.41 Å². The maximum Gasteiger partial charge on any atom is 0.309 e. The third kappa shape index (κ3) is 2.75. The monoisotopic (exact) mass is 250 g/mol. The van der Waals surface area contributed by atoms with E-state index in [1.165, 1.54) is 0 Å². The van der Waals surface area contributed by atoms with Crippen LogP contribution in [0.15, 0.2) is 24.3 Å². The fraction of sp³-hybridized carbons (Fsp3) is 0.500. The van der Waals surface area contributed by atoms with Gasteiger partial charge in [-0.05, 0) is 38.3 Å². The summed E-state index contributed by atoms with van der Waals surface area (Å²) in [6, 6.07) is 7.45. The number of para-hydroxylation sites is 2. The average Bonchev–Trinajstić information content (AvgIpc) is 3.13. The summed E-state index contributed by atoms with van der Waals surface area (Å²) >= 11 is 0. The zero-order valence-corrected chi connectivity index (χ0v) is 10.5. The number of carboxylic acid groups (broad SMARTS) is 1. The van der Waals surface area contributed by atoms with Crippen LogP contribution in [0.1, 0.15) is 26.2 Å². The second-order valence-electron chi connectivity index (χ2n) is 4.56. The van der Waals surface area contributed by atoms with Gasteiger partial charge in [-0.3, -0.25) is 4.79 Å². The van der Waals surface area contributed by atoms with Crippen LogP contribution in [0.4, 0.5) is 0 Å². The lowest BCUT2D eigenvalue weighted by Gasteiger charge is -2.13. The minimum Gasteiger partial charge on any atom is -0.490 e. The van der Waals surface area contributed by atoms with Crippen LogP contribution in [-0.2, 0) is 4.79 Å². The summed E-state index contributed by atoms with van der Waals surface area (Å²) in [5.41, 5.74) is -0.527. The van der Waals surface area contributed by atoms with Gasteiger partial charge in [0.2, 0.25) is 0 Å². The van der Waals surface area contributed by atoms with E-state index in [2.05, 4.69) is 0 Å². The van der Waals surface area contributed by atoms with Gasteiger partial charge in [-0.1, -0.05) is 12.1 Å². The summed E-state index contributed by atoms with van der Waals surface area (Å²) in [7, 11) is 0. The topological polar surface area (TPSA) is 55.8 Å². The summed E-state index contributed by atoms with van der Waals surface area (Å²) in [5, 5.41) is 9.06. The SMILES string of the molecule is CCOc1ccccc1OCCC1(C(=O)O)CC1. The molecule has 4 heteroatoms. The number of carbonyl (C=O) groups is 1. The molecule has 0 amide bonds. The Morgan fingerprint density at radius 1 is 1.28 bits per heavy atom. The first-order chi connectivity index (χ1) is 8.68. The summed E-state index contributed by atoms with van der Waals surface area (Å²) < 4.78 is 11.1. The van der Waals surface area contributed by atoms with Crippen molar-refractivity contribution in [3.63, 3.8) is 0 Å². The van der Waals surface area contributed by atoms with Crippen molar-refractivity contribution in [2.45, 2.75) is 26.2 Å². The highest BCUT2D eigenvalue weighted by molar-refractivity contribution is 5.77. The van der Waals surface area contributed by atoms with Gasteiger partial charge in [-0.2, -0.15) is 0 Å². The Labute approximate surface area is 107 Å². The lowest BCUT2D eigenvalue weighted by atomic mass is 10.0. The Bertz CT molecular complexity index is 424. The Balaban J connectivity index is 1.88.